The molecule has 0 atom stereocenters. The first-order valence-corrected chi connectivity index (χ1v) is 8.52. The second-order valence-corrected chi connectivity index (χ2v) is 6.57. The highest BCUT2D eigenvalue weighted by molar-refractivity contribution is 7.22. The van der Waals surface area contributed by atoms with Gasteiger partial charge in [0, 0.05) is 12.3 Å². The van der Waals surface area contributed by atoms with Crippen LogP contribution in [-0.4, -0.2) is 21.0 Å². The lowest BCUT2D eigenvalue weighted by Crippen LogP contribution is -2.30. The van der Waals surface area contributed by atoms with Gasteiger partial charge in [-0.2, -0.15) is 0 Å². The number of carbonyl (C=O) groups excluding carboxylic acids is 1. The van der Waals surface area contributed by atoms with Crippen LogP contribution in [0.4, 0.5) is 5.13 Å². The standard InChI is InChI=1S/C18H14N4O2S/c1-12-5-6-14-16(10-12)25-18(21-14)22(11-13-4-2-3-8-19-13)17(23)15-7-9-20-24-15/h2-10H,11H2,1H3. The Bertz CT molecular complexity index is 1010. The molecule has 6 nitrogen and oxygen atoms in total. The first kappa shape index (κ1) is 15.5. The Morgan fingerprint density at radius 2 is 2.12 bits per heavy atom. The molecule has 3 aromatic heterocycles. The van der Waals surface area contributed by atoms with Crippen LogP contribution in [0.2, 0.25) is 0 Å². The van der Waals surface area contributed by atoms with E-state index in [-0.39, 0.29) is 11.7 Å². The van der Waals surface area contributed by atoms with Gasteiger partial charge in [-0.15, -0.1) is 0 Å². The van der Waals surface area contributed by atoms with Gasteiger partial charge in [0.15, 0.2) is 5.13 Å². The third kappa shape index (κ3) is 3.14. The molecule has 0 spiro atoms. The third-order valence-corrected chi connectivity index (χ3v) is 4.74. The van der Waals surface area contributed by atoms with Gasteiger partial charge in [0.05, 0.1) is 28.7 Å². The number of nitrogens with zero attached hydrogens (tertiary/aromatic N) is 4. The van der Waals surface area contributed by atoms with Crippen molar-refractivity contribution in [3.63, 3.8) is 0 Å². The molecular formula is C18H14N4O2S. The molecule has 7 heteroatoms. The van der Waals surface area contributed by atoms with Gasteiger partial charge in [-0.05, 0) is 36.8 Å². The number of rotatable bonds is 4. The number of aromatic nitrogens is 3. The van der Waals surface area contributed by atoms with Crippen molar-refractivity contribution in [1.29, 1.82) is 0 Å². The zero-order valence-electron chi connectivity index (χ0n) is 13.4. The molecule has 4 aromatic rings. The Balaban J connectivity index is 1.76. The molecular weight excluding hydrogens is 336 g/mol. The highest BCUT2D eigenvalue weighted by atomic mass is 32.1. The van der Waals surface area contributed by atoms with Crippen molar-refractivity contribution >= 4 is 32.6 Å². The maximum Gasteiger partial charge on any atom is 0.299 e. The summed E-state index contributed by atoms with van der Waals surface area (Å²) in [5.41, 5.74) is 2.79. The summed E-state index contributed by atoms with van der Waals surface area (Å²) >= 11 is 1.47. The minimum Gasteiger partial charge on any atom is -0.351 e. The molecule has 0 bridgehead atoms. The normalized spacial score (nSPS) is 10.9. The molecule has 0 radical (unpaired) electrons. The maximum absolute atomic E-state index is 12.9. The Kier molecular flexibility index (Phi) is 3.99. The number of fused-ring (bicyclic) bond motifs is 1. The van der Waals surface area contributed by atoms with Crippen molar-refractivity contribution in [3.05, 3.63) is 71.9 Å². The number of amides is 1. The van der Waals surface area contributed by atoms with E-state index >= 15 is 0 Å². The van der Waals surface area contributed by atoms with Crippen molar-refractivity contribution < 1.29 is 9.32 Å². The Morgan fingerprint density at radius 3 is 2.88 bits per heavy atom. The van der Waals surface area contributed by atoms with Crippen LogP contribution < -0.4 is 4.90 Å². The molecule has 25 heavy (non-hydrogen) atoms. The molecule has 0 aliphatic heterocycles. The highest BCUT2D eigenvalue weighted by Crippen LogP contribution is 2.31. The van der Waals surface area contributed by atoms with Crippen LogP contribution in [0.15, 0.2) is 59.4 Å². The summed E-state index contributed by atoms with van der Waals surface area (Å²) in [6.07, 6.45) is 3.15. The van der Waals surface area contributed by atoms with Crippen LogP contribution in [0.25, 0.3) is 10.2 Å². The van der Waals surface area contributed by atoms with Crippen molar-refractivity contribution in [2.24, 2.45) is 0 Å². The van der Waals surface area contributed by atoms with Crippen molar-refractivity contribution in [2.45, 2.75) is 13.5 Å². The van der Waals surface area contributed by atoms with Crippen molar-refractivity contribution in [3.8, 4) is 0 Å². The van der Waals surface area contributed by atoms with Gasteiger partial charge >= 0.3 is 0 Å². The van der Waals surface area contributed by atoms with Crippen molar-refractivity contribution in [2.75, 3.05) is 4.90 Å². The second kappa shape index (κ2) is 6.45. The number of anilines is 1. The summed E-state index contributed by atoms with van der Waals surface area (Å²) in [5, 5.41) is 4.23. The van der Waals surface area contributed by atoms with E-state index in [0.717, 1.165) is 21.5 Å². The zero-order chi connectivity index (χ0) is 17.2. The molecule has 124 valence electrons. The zero-order valence-corrected chi connectivity index (χ0v) is 14.2. The third-order valence-electron chi connectivity index (χ3n) is 3.70. The van der Waals surface area contributed by atoms with E-state index in [4.69, 9.17) is 4.52 Å². The topological polar surface area (TPSA) is 72.1 Å². The average Bonchev–Trinajstić information content (AvgIpc) is 3.29. The number of hydrogen-bond acceptors (Lipinski definition) is 6. The molecule has 0 aliphatic carbocycles. The molecule has 1 aromatic carbocycles. The average molecular weight is 350 g/mol. The minimum absolute atomic E-state index is 0.173. The lowest BCUT2D eigenvalue weighted by molar-refractivity contribution is 0.0949. The smallest absolute Gasteiger partial charge is 0.299 e. The summed E-state index contributed by atoms with van der Waals surface area (Å²) < 4.78 is 6.08. The van der Waals surface area contributed by atoms with Gasteiger partial charge < -0.3 is 4.52 Å². The highest BCUT2D eigenvalue weighted by Gasteiger charge is 2.24. The predicted molar refractivity (Wildman–Crippen MR) is 95.6 cm³/mol. The summed E-state index contributed by atoms with van der Waals surface area (Å²) in [6, 6.07) is 13.2. The summed E-state index contributed by atoms with van der Waals surface area (Å²) in [4.78, 5) is 23.4. The number of hydrogen-bond donors (Lipinski definition) is 0. The quantitative estimate of drug-likeness (QED) is 0.559. The fourth-order valence-electron chi connectivity index (χ4n) is 2.47. The molecule has 0 unspecified atom stereocenters. The fraction of sp³-hybridized carbons (Fsp3) is 0.111. The van der Waals surface area contributed by atoms with Gasteiger partial charge in [-0.3, -0.25) is 14.7 Å². The van der Waals surface area contributed by atoms with Crippen LogP contribution in [-0.2, 0) is 6.54 Å². The lowest BCUT2D eigenvalue weighted by atomic mass is 10.2. The van der Waals surface area contributed by atoms with Gasteiger partial charge in [0.1, 0.15) is 0 Å². The van der Waals surface area contributed by atoms with E-state index in [1.807, 2.05) is 37.3 Å². The van der Waals surface area contributed by atoms with E-state index in [1.165, 1.54) is 17.5 Å². The summed E-state index contributed by atoms with van der Waals surface area (Å²) in [6.45, 7) is 2.34. The predicted octanol–water partition coefficient (Wildman–Crippen LogP) is 3.83. The first-order valence-electron chi connectivity index (χ1n) is 7.70. The SMILES string of the molecule is Cc1ccc2nc(N(Cc3ccccn3)C(=O)c3ccno3)sc2c1. The van der Waals surface area contributed by atoms with E-state index in [2.05, 4.69) is 21.2 Å². The van der Waals surface area contributed by atoms with Crippen LogP contribution in [0.5, 0.6) is 0 Å². The molecule has 4 rings (SSSR count). The Hall–Kier alpha value is -3.06. The number of carbonyl (C=O) groups is 1. The van der Waals surface area contributed by atoms with E-state index < -0.39 is 0 Å². The van der Waals surface area contributed by atoms with Gasteiger partial charge in [-0.25, -0.2) is 4.98 Å². The van der Waals surface area contributed by atoms with Crippen LogP contribution in [0, 0.1) is 6.92 Å². The second-order valence-electron chi connectivity index (χ2n) is 5.56. The van der Waals surface area contributed by atoms with Crippen LogP contribution in [0.1, 0.15) is 21.8 Å². The minimum atomic E-state index is -0.293. The first-order chi connectivity index (χ1) is 12.2. The van der Waals surface area contributed by atoms with E-state index in [9.17, 15) is 4.79 Å². The summed E-state index contributed by atoms with van der Waals surface area (Å²) in [5.74, 6) is -0.120. The Labute approximate surface area is 147 Å². The molecule has 1 amide bonds. The lowest BCUT2D eigenvalue weighted by Gasteiger charge is -2.17. The molecule has 0 fully saturated rings. The number of aryl methyl sites for hydroxylation is 1. The van der Waals surface area contributed by atoms with E-state index in [1.54, 1.807) is 17.2 Å². The van der Waals surface area contributed by atoms with Crippen LogP contribution in [0.3, 0.4) is 0 Å². The molecule has 0 aliphatic rings. The van der Waals surface area contributed by atoms with Gasteiger partial charge in [-0.1, -0.05) is 28.6 Å². The molecule has 0 saturated heterocycles. The summed E-state index contributed by atoms with van der Waals surface area (Å²) in [7, 11) is 0. The molecule has 0 N–H and O–H groups in total. The number of pyridine rings is 1. The maximum atomic E-state index is 12.9. The molecule has 0 saturated carbocycles. The number of thiazole rings is 1. The van der Waals surface area contributed by atoms with Crippen LogP contribution >= 0.6 is 11.3 Å². The largest absolute Gasteiger partial charge is 0.351 e. The van der Waals surface area contributed by atoms with Gasteiger partial charge in [0.2, 0.25) is 5.76 Å². The fourth-order valence-corrected chi connectivity index (χ4v) is 3.54. The Morgan fingerprint density at radius 1 is 1.20 bits per heavy atom. The molecule has 3 heterocycles. The van der Waals surface area contributed by atoms with E-state index in [0.29, 0.717) is 11.7 Å². The monoisotopic (exact) mass is 350 g/mol. The van der Waals surface area contributed by atoms with Gasteiger partial charge in [0.25, 0.3) is 5.91 Å². The number of benzene rings is 1. The van der Waals surface area contributed by atoms with Crippen molar-refractivity contribution in [1.82, 2.24) is 15.1 Å².